The van der Waals surface area contributed by atoms with Crippen LogP contribution < -0.4 is 4.74 Å². The number of ether oxygens (including phenoxy) is 1. The van der Waals surface area contributed by atoms with E-state index in [1.807, 2.05) is 0 Å². The van der Waals surface area contributed by atoms with Gasteiger partial charge in [-0.05, 0) is 25.1 Å². The molecule has 1 N–H and O–H groups in total. The van der Waals surface area contributed by atoms with Gasteiger partial charge in [0, 0.05) is 23.1 Å². The van der Waals surface area contributed by atoms with Crippen LogP contribution in [-0.2, 0) is 9.59 Å². The number of carboxylic acid groups (broad SMARTS) is 1. The fourth-order valence-corrected chi connectivity index (χ4v) is 3.59. The molecule has 1 heterocycles. The van der Waals surface area contributed by atoms with Gasteiger partial charge >= 0.3 is 5.97 Å². The lowest BCUT2D eigenvalue weighted by atomic mass is 10.1. The third-order valence-corrected chi connectivity index (χ3v) is 4.70. The van der Waals surface area contributed by atoms with Crippen molar-refractivity contribution in [3.63, 3.8) is 0 Å². The molecular formula is C15H18ClNO4S. The zero-order valence-corrected chi connectivity index (χ0v) is 13.8. The fraction of sp³-hybridized carbons (Fsp3) is 0.467. The molecule has 1 saturated heterocycles. The molecule has 0 saturated carbocycles. The van der Waals surface area contributed by atoms with Gasteiger partial charge in [-0.1, -0.05) is 17.7 Å². The Balaban J connectivity index is 2.02. The zero-order valence-electron chi connectivity index (χ0n) is 12.2. The predicted molar refractivity (Wildman–Crippen MR) is 86.6 cm³/mol. The van der Waals surface area contributed by atoms with E-state index < -0.39 is 12.1 Å². The highest BCUT2D eigenvalue weighted by molar-refractivity contribution is 7.99. The summed E-state index contributed by atoms with van der Waals surface area (Å²) in [6.07, 6.45) is -0.722. The number of nitrogens with zero attached hydrogens (tertiary/aromatic N) is 1. The number of carbonyl (C=O) groups excluding carboxylic acids is 1. The van der Waals surface area contributed by atoms with E-state index in [0.717, 1.165) is 5.75 Å². The first-order chi connectivity index (χ1) is 10.5. The molecule has 1 aliphatic rings. The van der Waals surface area contributed by atoms with Gasteiger partial charge in [0.05, 0.1) is 12.5 Å². The normalized spacial score (nSPS) is 19.5. The van der Waals surface area contributed by atoms with E-state index in [1.54, 1.807) is 47.9 Å². The molecule has 0 spiro atoms. The summed E-state index contributed by atoms with van der Waals surface area (Å²) in [5.74, 6) is 0.892. The van der Waals surface area contributed by atoms with Gasteiger partial charge in [0.25, 0.3) is 5.91 Å². The second-order valence-corrected chi connectivity index (χ2v) is 6.66. The highest BCUT2D eigenvalue weighted by Crippen LogP contribution is 2.22. The van der Waals surface area contributed by atoms with Crippen molar-refractivity contribution in [3.05, 3.63) is 29.3 Å². The summed E-state index contributed by atoms with van der Waals surface area (Å²) in [4.78, 5) is 25.1. The summed E-state index contributed by atoms with van der Waals surface area (Å²) < 4.78 is 5.63. The molecule has 0 aliphatic carbocycles. The van der Waals surface area contributed by atoms with Crippen LogP contribution in [0.5, 0.6) is 5.75 Å². The van der Waals surface area contributed by atoms with E-state index in [0.29, 0.717) is 23.1 Å². The minimum atomic E-state index is -0.895. The highest BCUT2D eigenvalue weighted by atomic mass is 35.5. The van der Waals surface area contributed by atoms with Gasteiger partial charge in [-0.2, -0.15) is 11.8 Å². The summed E-state index contributed by atoms with van der Waals surface area (Å²) in [6.45, 7) is 2.22. The first kappa shape index (κ1) is 17.0. The lowest BCUT2D eigenvalue weighted by Crippen LogP contribution is -2.51. The Hall–Kier alpha value is -1.40. The average Bonchev–Trinajstić information content (AvgIpc) is 2.46. The van der Waals surface area contributed by atoms with Crippen LogP contribution >= 0.6 is 23.4 Å². The summed E-state index contributed by atoms with van der Waals surface area (Å²) in [7, 11) is 0. The van der Waals surface area contributed by atoms with E-state index in [9.17, 15) is 9.59 Å². The van der Waals surface area contributed by atoms with Crippen molar-refractivity contribution in [2.45, 2.75) is 25.5 Å². The van der Waals surface area contributed by atoms with Crippen molar-refractivity contribution < 1.29 is 19.4 Å². The van der Waals surface area contributed by atoms with Crippen LogP contribution in [0, 0.1) is 0 Å². The number of thioether (sulfide) groups is 1. The van der Waals surface area contributed by atoms with Crippen molar-refractivity contribution in [2.24, 2.45) is 0 Å². The Labute approximate surface area is 138 Å². The second kappa shape index (κ2) is 7.74. The topological polar surface area (TPSA) is 66.8 Å². The number of benzene rings is 1. The third kappa shape index (κ3) is 4.55. The number of halogens is 1. The molecule has 2 unspecified atom stereocenters. The SMILES string of the molecule is CC(Oc1cccc(Cl)c1)C(=O)N1CCSCC1CC(=O)O. The van der Waals surface area contributed by atoms with Crippen LogP contribution in [0.25, 0.3) is 0 Å². The smallest absolute Gasteiger partial charge is 0.305 e. The maximum atomic E-state index is 12.5. The van der Waals surface area contributed by atoms with Crippen LogP contribution in [0.3, 0.4) is 0 Å². The monoisotopic (exact) mass is 343 g/mol. The van der Waals surface area contributed by atoms with Gasteiger partial charge in [0.1, 0.15) is 5.75 Å². The minimum absolute atomic E-state index is 0.0391. The number of carbonyl (C=O) groups is 2. The van der Waals surface area contributed by atoms with E-state index in [2.05, 4.69) is 0 Å². The molecule has 1 aromatic rings. The van der Waals surface area contributed by atoms with Crippen molar-refractivity contribution in [1.29, 1.82) is 0 Å². The number of rotatable bonds is 5. The molecule has 2 rings (SSSR count). The molecule has 1 aromatic carbocycles. The summed E-state index contributed by atoms with van der Waals surface area (Å²) in [5.41, 5.74) is 0. The van der Waals surface area contributed by atoms with Crippen LogP contribution in [0.2, 0.25) is 5.02 Å². The minimum Gasteiger partial charge on any atom is -0.481 e. The Morgan fingerprint density at radius 2 is 2.32 bits per heavy atom. The van der Waals surface area contributed by atoms with E-state index in [4.69, 9.17) is 21.4 Å². The van der Waals surface area contributed by atoms with Crippen LogP contribution in [0.1, 0.15) is 13.3 Å². The van der Waals surface area contributed by atoms with Crippen molar-refractivity contribution in [2.75, 3.05) is 18.1 Å². The van der Waals surface area contributed by atoms with Crippen LogP contribution in [-0.4, -0.2) is 52.1 Å². The Bertz CT molecular complexity index is 554. The fourth-order valence-electron chi connectivity index (χ4n) is 2.34. The molecule has 0 radical (unpaired) electrons. The van der Waals surface area contributed by atoms with Gasteiger partial charge < -0.3 is 14.7 Å². The molecule has 1 fully saturated rings. The Morgan fingerprint density at radius 3 is 3.00 bits per heavy atom. The first-order valence-corrected chi connectivity index (χ1v) is 8.53. The van der Waals surface area contributed by atoms with Gasteiger partial charge in [-0.25, -0.2) is 0 Å². The van der Waals surface area contributed by atoms with Crippen molar-refractivity contribution >= 4 is 35.2 Å². The van der Waals surface area contributed by atoms with E-state index in [-0.39, 0.29) is 18.4 Å². The van der Waals surface area contributed by atoms with Gasteiger partial charge in [-0.15, -0.1) is 0 Å². The third-order valence-electron chi connectivity index (χ3n) is 3.38. The predicted octanol–water partition coefficient (Wildman–Crippen LogP) is 2.53. The van der Waals surface area contributed by atoms with Crippen LogP contribution in [0.4, 0.5) is 0 Å². The molecule has 5 nitrogen and oxygen atoms in total. The second-order valence-electron chi connectivity index (χ2n) is 5.08. The molecule has 2 atom stereocenters. The van der Waals surface area contributed by atoms with Crippen molar-refractivity contribution in [1.82, 2.24) is 4.90 Å². The molecule has 0 aromatic heterocycles. The molecule has 22 heavy (non-hydrogen) atoms. The lowest BCUT2D eigenvalue weighted by Gasteiger charge is -2.36. The molecule has 1 amide bonds. The maximum absolute atomic E-state index is 12.5. The maximum Gasteiger partial charge on any atom is 0.305 e. The molecular weight excluding hydrogens is 326 g/mol. The first-order valence-electron chi connectivity index (χ1n) is 6.99. The average molecular weight is 344 g/mol. The largest absolute Gasteiger partial charge is 0.481 e. The van der Waals surface area contributed by atoms with Crippen molar-refractivity contribution in [3.8, 4) is 5.75 Å². The summed E-state index contributed by atoms with van der Waals surface area (Å²) in [5, 5.41) is 9.51. The van der Waals surface area contributed by atoms with Gasteiger partial charge in [0.15, 0.2) is 6.10 Å². The van der Waals surface area contributed by atoms with E-state index >= 15 is 0 Å². The molecule has 1 aliphatic heterocycles. The van der Waals surface area contributed by atoms with E-state index in [1.165, 1.54) is 0 Å². The molecule has 120 valence electrons. The van der Waals surface area contributed by atoms with Gasteiger partial charge in [-0.3, -0.25) is 9.59 Å². The lowest BCUT2D eigenvalue weighted by molar-refractivity contribution is -0.143. The molecule has 7 heteroatoms. The molecule has 0 bridgehead atoms. The Kier molecular flexibility index (Phi) is 5.97. The van der Waals surface area contributed by atoms with Crippen LogP contribution in [0.15, 0.2) is 24.3 Å². The Morgan fingerprint density at radius 1 is 1.55 bits per heavy atom. The number of hydrogen-bond donors (Lipinski definition) is 1. The highest BCUT2D eigenvalue weighted by Gasteiger charge is 2.32. The quantitative estimate of drug-likeness (QED) is 0.889. The van der Waals surface area contributed by atoms with Gasteiger partial charge in [0.2, 0.25) is 0 Å². The standard InChI is InChI=1S/C15H18ClNO4S/c1-10(21-13-4-2-3-11(16)7-13)15(20)17-5-6-22-9-12(17)8-14(18)19/h2-4,7,10,12H,5-6,8-9H2,1H3,(H,18,19). The number of aliphatic carboxylic acids is 1. The summed E-state index contributed by atoms with van der Waals surface area (Å²) in [6, 6.07) is 6.57. The summed E-state index contributed by atoms with van der Waals surface area (Å²) >= 11 is 7.56. The number of carboxylic acids is 1. The number of amides is 1. The zero-order chi connectivity index (χ0) is 16.1. The number of hydrogen-bond acceptors (Lipinski definition) is 4.